The first-order valence-corrected chi connectivity index (χ1v) is 8.28. The molecule has 1 amide bonds. The monoisotopic (exact) mass is 362 g/mol. The van der Waals surface area contributed by atoms with E-state index in [0.29, 0.717) is 27.9 Å². The van der Waals surface area contributed by atoms with E-state index in [0.717, 1.165) is 10.6 Å². The van der Waals surface area contributed by atoms with E-state index < -0.39 is 17.7 Å². The number of hydrogen-bond donors (Lipinski definition) is 1. The van der Waals surface area contributed by atoms with Crippen LogP contribution in [0.5, 0.6) is 0 Å². The summed E-state index contributed by atoms with van der Waals surface area (Å²) in [5.74, 6) is -1.39. The molecule has 2 aromatic rings. The van der Waals surface area contributed by atoms with Gasteiger partial charge in [-0.15, -0.1) is 0 Å². The Hall–Kier alpha value is -3.49. The highest BCUT2D eigenvalue weighted by Gasteiger charge is 2.34. The Morgan fingerprint density at radius 1 is 1.33 bits per heavy atom. The normalized spacial score (nSPS) is 19.4. The van der Waals surface area contributed by atoms with Crippen molar-refractivity contribution in [2.45, 2.75) is 19.8 Å². The number of amides is 1. The van der Waals surface area contributed by atoms with E-state index in [1.807, 2.05) is 6.07 Å². The molecule has 0 saturated carbocycles. The first kappa shape index (κ1) is 18.3. The third kappa shape index (κ3) is 2.97. The zero-order chi connectivity index (χ0) is 19.7. The third-order valence-electron chi connectivity index (χ3n) is 4.80. The molecule has 0 radical (unpaired) electrons. The zero-order valence-electron chi connectivity index (χ0n) is 15.4. The summed E-state index contributed by atoms with van der Waals surface area (Å²) in [5, 5.41) is 27.9. The van der Waals surface area contributed by atoms with Gasteiger partial charge in [0.25, 0.3) is 5.91 Å². The van der Waals surface area contributed by atoms with Crippen LogP contribution < -0.4 is 0 Å². The van der Waals surface area contributed by atoms with Gasteiger partial charge in [-0.2, -0.15) is 15.6 Å². The number of H-pyrrole nitrogens is 1. The van der Waals surface area contributed by atoms with Gasteiger partial charge in [-0.3, -0.25) is 19.7 Å². The maximum atomic E-state index is 12.5. The van der Waals surface area contributed by atoms with Gasteiger partial charge in [0.15, 0.2) is 5.69 Å². The molecule has 27 heavy (non-hydrogen) atoms. The summed E-state index contributed by atoms with van der Waals surface area (Å²) in [6.45, 7) is 3.55. The van der Waals surface area contributed by atoms with Gasteiger partial charge in [0.2, 0.25) is 0 Å². The Morgan fingerprint density at radius 3 is 2.70 bits per heavy atom. The summed E-state index contributed by atoms with van der Waals surface area (Å²) in [4.78, 5) is 21.8. The minimum Gasteiger partial charge on any atom is -0.277 e. The van der Waals surface area contributed by atoms with Gasteiger partial charge in [0.1, 0.15) is 0 Å². The van der Waals surface area contributed by atoms with Gasteiger partial charge in [0, 0.05) is 24.1 Å². The lowest BCUT2D eigenvalue weighted by Gasteiger charge is -2.26. The van der Waals surface area contributed by atoms with Crippen LogP contribution in [0.25, 0.3) is 10.9 Å². The Labute approximate surface area is 156 Å². The average molecular weight is 362 g/mol. The summed E-state index contributed by atoms with van der Waals surface area (Å²) in [5.41, 5.74) is 3.38. The fourth-order valence-corrected chi connectivity index (χ4v) is 3.32. The highest BCUT2D eigenvalue weighted by molar-refractivity contribution is 6.04. The molecule has 8 heteroatoms. The number of aromatic amines is 1. The number of carbonyl (C=O) groups is 1. The first-order chi connectivity index (χ1) is 12.9. The van der Waals surface area contributed by atoms with Crippen molar-refractivity contribution in [2.24, 2.45) is 10.9 Å². The van der Waals surface area contributed by atoms with E-state index in [4.69, 9.17) is 4.84 Å². The van der Waals surface area contributed by atoms with Crippen molar-refractivity contribution in [3.8, 4) is 12.1 Å². The van der Waals surface area contributed by atoms with Gasteiger partial charge in [0.05, 0.1) is 42.0 Å². The number of allylic oxidation sites excluding steroid dienone is 2. The van der Waals surface area contributed by atoms with Crippen LogP contribution in [0, 0.1) is 28.6 Å². The number of nitriles is 2. The number of benzene rings is 1. The highest BCUT2D eigenvalue weighted by atomic mass is 16.7. The van der Waals surface area contributed by atoms with Crippen molar-refractivity contribution in [3.63, 3.8) is 0 Å². The van der Waals surface area contributed by atoms with Gasteiger partial charge in [-0.1, -0.05) is 6.07 Å². The smallest absolute Gasteiger partial charge is 0.277 e. The molecule has 8 nitrogen and oxygen atoms in total. The average Bonchev–Trinajstić information content (AvgIpc) is 3.09. The summed E-state index contributed by atoms with van der Waals surface area (Å²) < 4.78 is 0. The van der Waals surface area contributed by atoms with E-state index in [-0.39, 0.29) is 5.69 Å². The predicted molar refractivity (Wildman–Crippen MR) is 98.5 cm³/mol. The Kier molecular flexibility index (Phi) is 4.76. The summed E-state index contributed by atoms with van der Waals surface area (Å²) in [7, 11) is 2.89. The fraction of sp³-hybridized carbons (Fsp3) is 0.316. The van der Waals surface area contributed by atoms with Gasteiger partial charge in [-0.05, 0) is 31.5 Å². The van der Waals surface area contributed by atoms with Crippen LogP contribution in [0.4, 0.5) is 0 Å². The number of rotatable bonds is 3. The van der Waals surface area contributed by atoms with Crippen molar-refractivity contribution in [3.05, 3.63) is 40.7 Å². The molecule has 0 saturated heterocycles. The second-order valence-corrected chi connectivity index (χ2v) is 6.31. The lowest BCUT2D eigenvalue weighted by Crippen LogP contribution is -2.26. The number of nitrogens with zero attached hydrogens (tertiary/aromatic N) is 5. The number of hydrogen-bond acceptors (Lipinski definition) is 6. The number of fused-ring (bicyclic) bond motifs is 1. The molecule has 0 aliphatic carbocycles. The zero-order valence-corrected chi connectivity index (χ0v) is 15.4. The van der Waals surface area contributed by atoms with Crippen molar-refractivity contribution < 1.29 is 9.63 Å². The largest absolute Gasteiger partial charge is 0.298 e. The van der Waals surface area contributed by atoms with Crippen molar-refractivity contribution in [1.82, 2.24) is 15.3 Å². The molecule has 0 spiro atoms. The summed E-state index contributed by atoms with van der Waals surface area (Å²) in [6.07, 6.45) is 0. The van der Waals surface area contributed by atoms with Crippen LogP contribution in [0.3, 0.4) is 0 Å². The quantitative estimate of drug-likeness (QED) is 0.842. The predicted octanol–water partition coefficient (Wildman–Crippen LogP) is 2.69. The topological polar surface area (TPSA) is 118 Å². The molecule has 1 N–H and O–H groups in total. The highest BCUT2D eigenvalue weighted by Crippen LogP contribution is 2.39. The van der Waals surface area contributed by atoms with Gasteiger partial charge in [-0.25, -0.2) is 5.06 Å². The fourth-order valence-electron chi connectivity index (χ4n) is 3.32. The summed E-state index contributed by atoms with van der Waals surface area (Å²) in [6, 6.07) is 9.89. The molecule has 2 unspecified atom stereocenters. The van der Waals surface area contributed by atoms with E-state index in [1.54, 1.807) is 26.0 Å². The standard InChI is InChI=1S/C19H18N6O2/c1-10-14(8-20)17(15(9-21)11(2)22-10)12-5-6-16-13(7-12)18(24-23-16)19(26)25(3)27-4/h5-7,14,17H,1-4H3,(H,23,24). The maximum absolute atomic E-state index is 12.5. The van der Waals surface area contributed by atoms with Crippen LogP contribution in [0.15, 0.2) is 34.5 Å². The minimum atomic E-state index is -0.548. The van der Waals surface area contributed by atoms with E-state index in [2.05, 4.69) is 27.3 Å². The van der Waals surface area contributed by atoms with Crippen LogP contribution in [-0.4, -0.2) is 41.0 Å². The number of aliphatic imine (C=N–C) groups is 1. The molecule has 2 heterocycles. The van der Waals surface area contributed by atoms with Crippen LogP contribution in [-0.2, 0) is 4.84 Å². The lowest BCUT2D eigenvalue weighted by atomic mass is 9.76. The second kappa shape index (κ2) is 7.02. The Bertz CT molecular complexity index is 1070. The molecule has 1 aromatic heterocycles. The second-order valence-electron chi connectivity index (χ2n) is 6.31. The Balaban J connectivity index is 2.17. The Morgan fingerprint density at radius 2 is 2.07 bits per heavy atom. The molecule has 2 atom stereocenters. The van der Waals surface area contributed by atoms with Crippen molar-refractivity contribution in [1.29, 1.82) is 10.5 Å². The third-order valence-corrected chi connectivity index (χ3v) is 4.80. The molecular weight excluding hydrogens is 344 g/mol. The first-order valence-electron chi connectivity index (χ1n) is 8.28. The number of aromatic nitrogens is 2. The van der Waals surface area contributed by atoms with Crippen molar-refractivity contribution in [2.75, 3.05) is 14.2 Å². The molecule has 3 rings (SSSR count). The van der Waals surface area contributed by atoms with Gasteiger partial charge >= 0.3 is 0 Å². The van der Waals surface area contributed by atoms with E-state index >= 15 is 0 Å². The molecule has 136 valence electrons. The van der Waals surface area contributed by atoms with Crippen LogP contribution >= 0.6 is 0 Å². The van der Waals surface area contributed by atoms with Crippen LogP contribution in [0.1, 0.15) is 35.8 Å². The number of hydroxylamine groups is 2. The van der Waals surface area contributed by atoms with E-state index in [9.17, 15) is 15.3 Å². The molecule has 0 fully saturated rings. The van der Waals surface area contributed by atoms with Crippen molar-refractivity contribution >= 4 is 22.5 Å². The number of nitrogens with one attached hydrogen (secondary N) is 1. The SMILES string of the molecule is CON(C)C(=O)c1n[nH]c2ccc(C3C(C#N)=C(C)N=C(C)C3C#N)cc12. The van der Waals surface area contributed by atoms with E-state index in [1.165, 1.54) is 14.2 Å². The van der Waals surface area contributed by atoms with Gasteiger partial charge < -0.3 is 0 Å². The molecule has 0 bridgehead atoms. The molecule has 1 aliphatic heterocycles. The number of carbonyl (C=O) groups excluding carboxylic acids is 1. The molecular formula is C19H18N6O2. The summed E-state index contributed by atoms with van der Waals surface area (Å²) >= 11 is 0. The minimum absolute atomic E-state index is 0.213. The maximum Gasteiger partial charge on any atom is 0.298 e. The molecule has 1 aliphatic rings. The lowest BCUT2D eigenvalue weighted by molar-refractivity contribution is -0.0759. The molecule has 1 aromatic carbocycles. The van der Waals surface area contributed by atoms with Crippen LogP contribution in [0.2, 0.25) is 0 Å².